The van der Waals surface area contributed by atoms with Crippen LogP contribution in [0.3, 0.4) is 0 Å². The zero-order valence-electron chi connectivity index (χ0n) is 13.1. The minimum Gasteiger partial charge on any atom is -0.465 e. The van der Waals surface area contributed by atoms with Crippen LogP contribution < -0.4 is 4.74 Å². The van der Waals surface area contributed by atoms with Crippen LogP contribution in [-0.4, -0.2) is 32.8 Å². The largest absolute Gasteiger partial charge is 0.573 e. The highest BCUT2D eigenvalue weighted by Gasteiger charge is 2.34. The first-order chi connectivity index (χ1) is 12.0. The number of methoxy groups -OCH3 is 1. The van der Waals surface area contributed by atoms with Crippen molar-refractivity contribution < 1.29 is 40.2 Å². The van der Waals surface area contributed by atoms with Crippen LogP contribution in [0.5, 0.6) is 5.75 Å². The van der Waals surface area contributed by atoms with E-state index in [1.807, 2.05) is 0 Å². The summed E-state index contributed by atoms with van der Waals surface area (Å²) in [6.45, 7) is 0. The minimum absolute atomic E-state index is 0.00452. The predicted molar refractivity (Wildman–Crippen MR) is 79.5 cm³/mol. The van der Waals surface area contributed by atoms with E-state index in [0.717, 1.165) is 25.6 Å². The highest BCUT2D eigenvalue weighted by molar-refractivity contribution is 7.90. The lowest BCUT2D eigenvalue weighted by atomic mass is 10.2. The number of ether oxygens (including phenoxy) is 2. The summed E-state index contributed by atoms with van der Waals surface area (Å²) in [5.74, 6) is -3.72. The lowest BCUT2D eigenvalue weighted by molar-refractivity contribution is -0.275. The summed E-state index contributed by atoms with van der Waals surface area (Å²) < 4.78 is 83.8. The molecule has 1 heterocycles. The molecule has 11 heteroatoms. The zero-order valence-corrected chi connectivity index (χ0v) is 13.9. The number of aromatic nitrogens is 1. The van der Waals surface area contributed by atoms with E-state index in [2.05, 4.69) is 14.5 Å². The third-order valence-corrected chi connectivity index (χ3v) is 4.74. The molecule has 0 fully saturated rings. The molecule has 0 amide bonds. The molecule has 0 aliphatic carbocycles. The molecule has 0 bridgehead atoms. The number of carbonyl (C=O) groups excluding carboxylic acids is 1. The molecule has 1 aromatic carbocycles. The van der Waals surface area contributed by atoms with E-state index in [0.29, 0.717) is 18.2 Å². The van der Waals surface area contributed by atoms with Gasteiger partial charge in [0.05, 0.1) is 18.4 Å². The Morgan fingerprint density at radius 1 is 1.19 bits per heavy atom. The molecule has 2 aromatic rings. The van der Waals surface area contributed by atoms with Crippen molar-refractivity contribution in [1.29, 1.82) is 0 Å². The molecule has 0 atom stereocenters. The second kappa shape index (κ2) is 7.28. The fourth-order valence-electron chi connectivity index (χ4n) is 2.03. The number of hydrogen-bond acceptors (Lipinski definition) is 6. The molecule has 26 heavy (non-hydrogen) atoms. The smallest absolute Gasteiger partial charge is 0.465 e. The van der Waals surface area contributed by atoms with Crippen LogP contribution in [0, 0.1) is 5.82 Å². The molecule has 140 valence electrons. The Kier molecular flexibility index (Phi) is 5.50. The molecule has 1 aromatic heterocycles. The van der Waals surface area contributed by atoms with Gasteiger partial charge < -0.3 is 9.47 Å². The number of rotatable bonds is 5. The minimum atomic E-state index is -5.16. The summed E-state index contributed by atoms with van der Waals surface area (Å²) in [6, 6.07) is 2.78. The zero-order chi connectivity index (χ0) is 19.5. The third kappa shape index (κ3) is 4.91. The van der Waals surface area contributed by atoms with Crippen LogP contribution in [0.25, 0.3) is 0 Å². The summed E-state index contributed by atoms with van der Waals surface area (Å²) >= 11 is 0. The maximum Gasteiger partial charge on any atom is 0.573 e. The second-order valence-corrected chi connectivity index (χ2v) is 6.93. The molecule has 0 saturated heterocycles. The molecule has 0 spiro atoms. The van der Waals surface area contributed by atoms with Gasteiger partial charge in [0.1, 0.15) is 16.5 Å². The number of alkyl halides is 3. The highest BCUT2D eigenvalue weighted by atomic mass is 32.2. The van der Waals surface area contributed by atoms with Gasteiger partial charge in [-0.1, -0.05) is 0 Å². The highest BCUT2D eigenvalue weighted by Crippen LogP contribution is 2.32. The van der Waals surface area contributed by atoms with E-state index in [1.54, 1.807) is 0 Å². The molecule has 0 aliphatic heterocycles. The van der Waals surface area contributed by atoms with Gasteiger partial charge in [-0.3, -0.25) is 4.98 Å². The van der Waals surface area contributed by atoms with Gasteiger partial charge in [0.15, 0.2) is 9.84 Å². The van der Waals surface area contributed by atoms with E-state index in [-0.39, 0.29) is 11.1 Å². The lowest BCUT2D eigenvalue weighted by Gasteiger charge is -2.14. The normalized spacial score (nSPS) is 11.9. The summed E-state index contributed by atoms with van der Waals surface area (Å²) in [5, 5.41) is 0. The van der Waals surface area contributed by atoms with Crippen molar-refractivity contribution in [2.45, 2.75) is 17.0 Å². The number of halogens is 4. The van der Waals surface area contributed by atoms with Gasteiger partial charge in [-0.05, 0) is 29.8 Å². The topological polar surface area (TPSA) is 82.6 Å². The third-order valence-electron chi connectivity index (χ3n) is 3.04. The van der Waals surface area contributed by atoms with Gasteiger partial charge in [0, 0.05) is 12.4 Å². The molecule has 6 nitrogen and oxygen atoms in total. The van der Waals surface area contributed by atoms with Gasteiger partial charge in [-0.25, -0.2) is 17.6 Å². The van der Waals surface area contributed by atoms with Crippen LogP contribution in [0.15, 0.2) is 41.6 Å². The Hall–Kier alpha value is -2.69. The maximum absolute atomic E-state index is 13.4. The van der Waals surface area contributed by atoms with Crippen molar-refractivity contribution >= 4 is 15.8 Å². The van der Waals surface area contributed by atoms with Crippen molar-refractivity contribution in [3.05, 3.63) is 53.6 Å². The molecule has 0 aliphatic rings. The van der Waals surface area contributed by atoms with E-state index in [1.165, 1.54) is 0 Å². The maximum atomic E-state index is 13.4. The molecule has 0 unspecified atom stereocenters. The van der Waals surface area contributed by atoms with Gasteiger partial charge in [-0.2, -0.15) is 0 Å². The summed E-state index contributed by atoms with van der Waals surface area (Å²) in [5.41, 5.74) is -0.0543. The van der Waals surface area contributed by atoms with Crippen molar-refractivity contribution in [2.75, 3.05) is 7.11 Å². The molecule has 0 radical (unpaired) electrons. The van der Waals surface area contributed by atoms with Crippen LogP contribution in [0.4, 0.5) is 17.6 Å². The number of esters is 1. The van der Waals surface area contributed by atoms with Crippen molar-refractivity contribution in [3.8, 4) is 5.75 Å². The Bertz CT molecular complexity index is 928. The van der Waals surface area contributed by atoms with Gasteiger partial charge >= 0.3 is 12.3 Å². The first-order valence-corrected chi connectivity index (χ1v) is 8.47. The van der Waals surface area contributed by atoms with E-state index < -0.39 is 44.4 Å². The first-order valence-electron chi connectivity index (χ1n) is 6.82. The standard InChI is InChI=1S/C15H11F4NO5S/c1-24-14(21)10-4-9(6-20-7-10)8-26(22,23)13-5-11(16)2-3-12(13)25-15(17,18)19/h2-7H,8H2,1H3. The molecular formula is C15H11F4NO5S. The summed E-state index contributed by atoms with van der Waals surface area (Å²) in [7, 11) is -3.33. The van der Waals surface area contributed by atoms with Crippen molar-refractivity contribution in [2.24, 2.45) is 0 Å². The molecular weight excluding hydrogens is 382 g/mol. The SMILES string of the molecule is COC(=O)c1cncc(CS(=O)(=O)c2cc(F)ccc2OC(F)(F)F)c1. The number of nitrogens with zero attached hydrogens (tertiary/aromatic N) is 1. The summed E-state index contributed by atoms with van der Waals surface area (Å²) in [4.78, 5) is 14.2. The average Bonchev–Trinajstić information content (AvgIpc) is 2.54. The fraction of sp³-hybridized carbons (Fsp3) is 0.200. The fourth-order valence-corrected chi connectivity index (χ4v) is 3.49. The lowest BCUT2D eigenvalue weighted by Crippen LogP contribution is -2.19. The van der Waals surface area contributed by atoms with Gasteiger partial charge in [0.2, 0.25) is 0 Å². The Morgan fingerprint density at radius 3 is 2.50 bits per heavy atom. The Balaban J connectivity index is 2.42. The monoisotopic (exact) mass is 393 g/mol. The molecule has 2 rings (SSSR count). The Morgan fingerprint density at radius 2 is 1.88 bits per heavy atom. The number of hydrogen-bond donors (Lipinski definition) is 0. The molecule has 0 saturated carbocycles. The van der Waals surface area contributed by atoms with E-state index in [9.17, 15) is 30.8 Å². The predicted octanol–water partition coefficient (Wildman–Crippen LogP) is 2.88. The second-order valence-electron chi connectivity index (χ2n) is 4.97. The number of sulfone groups is 1. The van der Waals surface area contributed by atoms with Crippen LogP contribution >= 0.6 is 0 Å². The van der Waals surface area contributed by atoms with Crippen molar-refractivity contribution in [3.63, 3.8) is 0 Å². The Labute approximate surface area is 145 Å². The number of benzene rings is 1. The number of carbonyl (C=O) groups is 1. The molecule has 0 N–H and O–H groups in total. The van der Waals surface area contributed by atoms with Gasteiger partial charge in [0.25, 0.3) is 0 Å². The van der Waals surface area contributed by atoms with E-state index in [4.69, 9.17) is 0 Å². The van der Waals surface area contributed by atoms with Crippen molar-refractivity contribution in [1.82, 2.24) is 4.98 Å². The quantitative estimate of drug-likeness (QED) is 0.574. The summed E-state index contributed by atoms with van der Waals surface area (Å²) in [6.07, 6.45) is -2.93. The van der Waals surface area contributed by atoms with Crippen LogP contribution in [0.2, 0.25) is 0 Å². The first kappa shape index (κ1) is 19.6. The van der Waals surface area contributed by atoms with Crippen LogP contribution in [0.1, 0.15) is 15.9 Å². The van der Waals surface area contributed by atoms with Crippen LogP contribution in [-0.2, 0) is 20.3 Å². The van der Waals surface area contributed by atoms with E-state index >= 15 is 0 Å². The number of pyridine rings is 1. The van der Waals surface area contributed by atoms with Gasteiger partial charge in [-0.15, -0.1) is 13.2 Å². The average molecular weight is 393 g/mol.